The number of nitrogens with two attached hydrogens (primary N) is 1. The Balaban J connectivity index is 2.11. The molecule has 1 heterocycles. The molecule has 19 heavy (non-hydrogen) atoms. The third-order valence-electron chi connectivity index (χ3n) is 2.65. The minimum atomic E-state index is -0.458. The van der Waals surface area contributed by atoms with Gasteiger partial charge < -0.3 is 20.8 Å². The highest BCUT2D eigenvalue weighted by Crippen LogP contribution is 2.20. The predicted octanol–water partition coefficient (Wildman–Crippen LogP) is 1.04. The number of carbonyl (C=O) groups is 2. The van der Waals surface area contributed by atoms with Crippen LogP contribution in [0.3, 0.4) is 0 Å². The maximum absolute atomic E-state index is 11.9. The summed E-state index contributed by atoms with van der Waals surface area (Å²) >= 11 is 0. The van der Waals surface area contributed by atoms with Crippen molar-refractivity contribution in [1.82, 2.24) is 10.3 Å². The summed E-state index contributed by atoms with van der Waals surface area (Å²) in [5.41, 5.74) is 7.53. The second-order valence-electron chi connectivity index (χ2n) is 4.00. The Kier molecular flexibility index (Phi) is 3.70. The molecule has 2 rings (SSSR count). The summed E-state index contributed by atoms with van der Waals surface area (Å²) in [5.74, 6) is -0.788. The number of hydrogen-bond donors (Lipinski definition) is 3. The SMILES string of the molecule is CCOC(=O)CNC(=O)c1c[nH]c2cc(N)ccc12. The molecule has 4 N–H and O–H groups in total. The van der Waals surface area contributed by atoms with Crippen LogP contribution in [0.25, 0.3) is 10.9 Å². The van der Waals surface area contributed by atoms with Crippen molar-refractivity contribution in [2.75, 3.05) is 18.9 Å². The first-order valence-electron chi connectivity index (χ1n) is 5.92. The van der Waals surface area contributed by atoms with Crippen molar-refractivity contribution >= 4 is 28.5 Å². The van der Waals surface area contributed by atoms with E-state index >= 15 is 0 Å². The monoisotopic (exact) mass is 261 g/mol. The van der Waals surface area contributed by atoms with Crippen LogP contribution in [0.15, 0.2) is 24.4 Å². The van der Waals surface area contributed by atoms with Gasteiger partial charge in [-0.25, -0.2) is 0 Å². The number of aromatic amines is 1. The molecule has 0 spiro atoms. The maximum Gasteiger partial charge on any atom is 0.325 e. The van der Waals surface area contributed by atoms with E-state index in [1.807, 2.05) is 0 Å². The number of hydrogen-bond acceptors (Lipinski definition) is 4. The molecule has 0 aliphatic carbocycles. The number of nitrogen functional groups attached to an aromatic ring is 1. The summed E-state index contributed by atoms with van der Waals surface area (Å²) in [5, 5.41) is 3.27. The van der Waals surface area contributed by atoms with Crippen LogP contribution in [0.4, 0.5) is 5.69 Å². The number of esters is 1. The molecule has 2 aromatic rings. The zero-order valence-corrected chi connectivity index (χ0v) is 10.5. The normalized spacial score (nSPS) is 10.4. The highest BCUT2D eigenvalue weighted by Gasteiger charge is 2.13. The van der Waals surface area contributed by atoms with Crippen molar-refractivity contribution in [2.24, 2.45) is 0 Å². The number of fused-ring (bicyclic) bond motifs is 1. The molecule has 0 fully saturated rings. The second kappa shape index (κ2) is 5.43. The average molecular weight is 261 g/mol. The highest BCUT2D eigenvalue weighted by atomic mass is 16.5. The van der Waals surface area contributed by atoms with Crippen LogP contribution >= 0.6 is 0 Å². The summed E-state index contributed by atoms with van der Waals surface area (Å²) in [7, 11) is 0. The van der Waals surface area contributed by atoms with Gasteiger partial charge in [0.1, 0.15) is 6.54 Å². The van der Waals surface area contributed by atoms with Gasteiger partial charge in [-0.3, -0.25) is 9.59 Å². The van der Waals surface area contributed by atoms with Crippen molar-refractivity contribution in [3.63, 3.8) is 0 Å². The fourth-order valence-electron chi connectivity index (χ4n) is 1.79. The molecule has 6 nitrogen and oxygen atoms in total. The van der Waals surface area contributed by atoms with E-state index in [9.17, 15) is 9.59 Å². The lowest BCUT2D eigenvalue weighted by Crippen LogP contribution is -2.30. The Morgan fingerprint density at radius 3 is 2.95 bits per heavy atom. The Bertz CT molecular complexity index is 619. The molecule has 0 bridgehead atoms. The molecule has 1 amide bonds. The molecule has 6 heteroatoms. The zero-order valence-electron chi connectivity index (χ0n) is 10.5. The summed E-state index contributed by atoms with van der Waals surface area (Å²) in [6.07, 6.45) is 1.59. The van der Waals surface area contributed by atoms with E-state index in [0.29, 0.717) is 17.9 Å². The van der Waals surface area contributed by atoms with Crippen LogP contribution in [0.5, 0.6) is 0 Å². The summed E-state index contributed by atoms with van der Waals surface area (Å²) < 4.78 is 4.73. The van der Waals surface area contributed by atoms with E-state index in [0.717, 1.165) is 10.9 Å². The number of carbonyl (C=O) groups excluding carboxylic acids is 2. The van der Waals surface area contributed by atoms with Gasteiger partial charge in [0.25, 0.3) is 5.91 Å². The van der Waals surface area contributed by atoms with Gasteiger partial charge in [-0.2, -0.15) is 0 Å². The Morgan fingerprint density at radius 2 is 2.21 bits per heavy atom. The first-order chi connectivity index (χ1) is 9.11. The smallest absolute Gasteiger partial charge is 0.325 e. The van der Waals surface area contributed by atoms with Gasteiger partial charge in [-0.15, -0.1) is 0 Å². The van der Waals surface area contributed by atoms with Gasteiger partial charge >= 0.3 is 5.97 Å². The largest absolute Gasteiger partial charge is 0.465 e. The standard InChI is InChI=1S/C13H15N3O3/c1-2-19-12(17)7-16-13(18)10-6-15-11-5-8(14)3-4-9(10)11/h3-6,15H,2,7,14H2,1H3,(H,16,18). The molecule has 1 aromatic carbocycles. The lowest BCUT2D eigenvalue weighted by Gasteiger charge is -2.04. The molecule has 0 atom stereocenters. The van der Waals surface area contributed by atoms with Gasteiger partial charge in [-0.1, -0.05) is 0 Å². The van der Waals surface area contributed by atoms with Gasteiger partial charge in [0.2, 0.25) is 0 Å². The summed E-state index contributed by atoms with van der Waals surface area (Å²) in [6.45, 7) is 1.86. The Labute approximate surface area is 109 Å². The number of amides is 1. The van der Waals surface area contributed by atoms with E-state index in [1.165, 1.54) is 0 Å². The molecule has 0 unspecified atom stereocenters. The minimum Gasteiger partial charge on any atom is -0.465 e. The third kappa shape index (κ3) is 2.85. The molecule has 0 saturated carbocycles. The molecule has 0 aliphatic rings. The van der Waals surface area contributed by atoms with Crippen molar-refractivity contribution in [1.29, 1.82) is 0 Å². The average Bonchev–Trinajstić information content (AvgIpc) is 2.79. The van der Waals surface area contributed by atoms with Crippen molar-refractivity contribution in [2.45, 2.75) is 6.92 Å². The van der Waals surface area contributed by atoms with Crippen LogP contribution in [-0.4, -0.2) is 30.0 Å². The molecule has 0 aliphatic heterocycles. The molecule has 0 radical (unpaired) electrons. The van der Waals surface area contributed by atoms with Gasteiger partial charge in [-0.05, 0) is 25.1 Å². The highest BCUT2D eigenvalue weighted by molar-refractivity contribution is 6.07. The van der Waals surface area contributed by atoms with E-state index in [1.54, 1.807) is 31.3 Å². The maximum atomic E-state index is 11.9. The zero-order chi connectivity index (χ0) is 13.8. The second-order valence-corrected chi connectivity index (χ2v) is 4.00. The van der Waals surface area contributed by atoms with E-state index < -0.39 is 5.97 Å². The number of anilines is 1. The van der Waals surface area contributed by atoms with Crippen LogP contribution in [-0.2, 0) is 9.53 Å². The number of H-pyrrole nitrogens is 1. The minimum absolute atomic E-state index is 0.145. The molecular formula is C13H15N3O3. The first-order valence-corrected chi connectivity index (χ1v) is 5.92. The lowest BCUT2D eigenvalue weighted by atomic mass is 10.1. The van der Waals surface area contributed by atoms with E-state index in [4.69, 9.17) is 10.5 Å². The number of aromatic nitrogens is 1. The number of rotatable bonds is 4. The molecular weight excluding hydrogens is 246 g/mol. The Hall–Kier alpha value is -2.50. The number of benzene rings is 1. The van der Waals surface area contributed by atoms with Crippen LogP contribution in [0.2, 0.25) is 0 Å². The van der Waals surface area contributed by atoms with Crippen molar-refractivity contribution in [3.8, 4) is 0 Å². The topological polar surface area (TPSA) is 97.2 Å². The first kappa shape index (κ1) is 12.9. The van der Waals surface area contributed by atoms with Gasteiger partial charge in [0.05, 0.1) is 12.2 Å². The fraction of sp³-hybridized carbons (Fsp3) is 0.231. The molecule has 0 saturated heterocycles. The van der Waals surface area contributed by atoms with Crippen LogP contribution < -0.4 is 11.1 Å². The number of nitrogens with one attached hydrogen (secondary N) is 2. The van der Waals surface area contributed by atoms with Crippen LogP contribution in [0, 0.1) is 0 Å². The Morgan fingerprint density at radius 1 is 1.42 bits per heavy atom. The fourth-order valence-corrected chi connectivity index (χ4v) is 1.79. The predicted molar refractivity (Wildman–Crippen MR) is 71.7 cm³/mol. The van der Waals surface area contributed by atoms with E-state index in [2.05, 4.69) is 10.3 Å². The van der Waals surface area contributed by atoms with Crippen molar-refractivity contribution < 1.29 is 14.3 Å². The summed E-state index contributed by atoms with van der Waals surface area (Å²) in [4.78, 5) is 26.1. The van der Waals surface area contributed by atoms with Gasteiger partial charge in [0.15, 0.2) is 0 Å². The molecule has 100 valence electrons. The lowest BCUT2D eigenvalue weighted by molar-refractivity contribution is -0.141. The van der Waals surface area contributed by atoms with E-state index in [-0.39, 0.29) is 12.5 Å². The number of ether oxygens (including phenoxy) is 1. The van der Waals surface area contributed by atoms with Gasteiger partial charge in [0, 0.05) is 22.8 Å². The quantitative estimate of drug-likeness (QED) is 0.566. The van der Waals surface area contributed by atoms with Crippen molar-refractivity contribution in [3.05, 3.63) is 30.0 Å². The van der Waals surface area contributed by atoms with Crippen LogP contribution in [0.1, 0.15) is 17.3 Å². The molecule has 1 aromatic heterocycles. The third-order valence-corrected chi connectivity index (χ3v) is 2.65. The summed E-state index contributed by atoms with van der Waals surface area (Å²) in [6, 6.07) is 5.23.